The van der Waals surface area contributed by atoms with Crippen LogP contribution in [0.25, 0.3) is 0 Å². The molecule has 0 bridgehead atoms. The van der Waals surface area contributed by atoms with Gasteiger partial charge in [0.1, 0.15) is 5.75 Å². The van der Waals surface area contributed by atoms with Crippen molar-refractivity contribution in [3.63, 3.8) is 0 Å². The number of hydrogen-bond donors (Lipinski definition) is 0. The maximum absolute atomic E-state index is 13.5. The average molecular weight is 508 g/mol. The zero-order valence-electron chi connectivity index (χ0n) is 20.8. The molecule has 7 nitrogen and oxygen atoms in total. The molecule has 0 saturated carbocycles. The summed E-state index contributed by atoms with van der Waals surface area (Å²) in [5.41, 5.74) is 3.09. The van der Waals surface area contributed by atoms with Crippen LogP contribution in [0, 0.1) is 6.92 Å². The van der Waals surface area contributed by atoms with Gasteiger partial charge in [-0.2, -0.15) is 4.31 Å². The molecule has 0 spiro atoms. The van der Waals surface area contributed by atoms with E-state index in [1.54, 1.807) is 36.3 Å². The number of amides is 1. The number of ether oxygens (including phenoxy) is 1. The van der Waals surface area contributed by atoms with Crippen molar-refractivity contribution in [2.24, 2.45) is 0 Å². The third kappa shape index (κ3) is 6.25. The summed E-state index contributed by atoms with van der Waals surface area (Å²) in [4.78, 5) is 17.5. The lowest BCUT2D eigenvalue weighted by Crippen LogP contribution is -2.52. The van der Waals surface area contributed by atoms with Crippen LogP contribution in [0.4, 0.5) is 5.69 Å². The first-order chi connectivity index (χ1) is 17.4. The molecule has 3 aromatic carbocycles. The van der Waals surface area contributed by atoms with Crippen molar-refractivity contribution in [3.05, 3.63) is 90.0 Å². The molecule has 0 unspecified atom stereocenters. The average Bonchev–Trinajstić information content (AvgIpc) is 2.92. The largest absolute Gasteiger partial charge is 0.497 e. The first-order valence-corrected chi connectivity index (χ1v) is 13.6. The Morgan fingerprint density at radius 2 is 1.53 bits per heavy atom. The summed E-state index contributed by atoms with van der Waals surface area (Å²) in [6, 6.07) is 24.4. The van der Waals surface area contributed by atoms with Crippen molar-refractivity contribution in [2.75, 3.05) is 51.3 Å². The van der Waals surface area contributed by atoms with E-state index in [9.17, 15) is 13.2 Å². The predicted molar refractivity (Wildman–Crippen MR) is 142 cm³/mol. The van der Waals surface area contributed by atoms with E-state index in [-0.39, 0.29) is 23.9 Å². The molecule has 1 heterocycles. The minimum Gasteiger partial charge on any atom is -0.497 e. The number of nitrogens with zero attached hydrogens (tertiary/aromatic N) is 3. The second-order valence-electron chi connectivity index (χ2n) is 8.95. The topological polar surface area (TPSA) is 70.2 Å². The van der Waals surface area contributed by atoms with Crippen molar-refractivity contribution in [3.8, 4) is 5.75 Å². The van der Waals surface area contributed by atoms with Crippen LogP contribution >= 0.6 is 0 Å². The van der Waals surface area contributed by atoms with Gasteiger partial charge < -0.3 is 14.5 Å². The Bertz CT molecular complexity index is 1240. The smallest absolute Gasteiger partial charge is 0.243 e. The Labute approximate surface area is 214 Å². The molecule has 3 aromatic rings. The van der Waals surface area contributed by atoms with Crippen molar-refractivity contribution >= 4 is 21.6 Å². The summed E-state index contributed by atoms with van der Waals surface area (Å²) >= 11 is 0. The lowest BCUT2D eigenvalue weighted by atomic mass is 10.1. The molecule has 0 radical (unpaired) electrons. The fourth-order valence-corrected chi connectivity index (χ4v) is 5.69. The minimum atomic E-state index is -3.82. The third-order valence-electron chi connectivity index (χ3n) is 6.53. The van der Waals surface area contributed by atoms with Gasteiger partial charge in [-0.25, -0.2) is 8.42 Å². The van der Waals surface area contributed by atoms with Gasteiger partial charge in [-0.1, -0.05) is 48.0 Å². The zero-order chi connectivity index (χ0) is 25.5. The van der Waals surface area contributed by atoms with Crippen molar-refractivity contribution in [1.82, 2.24) is 9.21 Å². The van der Waals surface area contributed by atoms with E-state index in [1.165, 1.54) is 4.31 Å². The molecule has 36 heavy (non-hydrogen) atoms. The molecule has 4 rings (SSSR count). The van der Waals surface area contributed by atoms with Gasteiger partial charge in [0.15, 0.2) is 0 Å². The molecule has 0 aromatic heterocycles. The highest BCUT2D eigenvalue weighted by atomic mass is 32.2. The highest BCUT2D eigenvalue weighted by Crippen LogP contribution is 2.21. The van der Waals surface area contributed by atoms with E-state index < -0.39 is 10.0 Å². The van der Waals surface area contributed by atoms with Crippen LogP contribution in [-0.2, 0) is 21.2 Å². The van der Waals surface area contributed by atoms with Crippen LogP contribution in [0.5, 0.6) is 5.75 Å². The number of aryl methyl sites for hydroxylation is 1. The molecule has 1 aliphatic heterocycles. The SMILES string of the molecule is COc1ccc(N2CCN(C(=O)CN(CCc3ccccc3)S(=O)(=O)c3ccc(C)cc3)CC2)cc1. The number of rotatable bonds is 9. The Hall–Kier alpha value is -3.36. The Morgan fingerprint density at radius 3 is 2.14 bits per heavy atom. The summed E-state index contributed by atoms with van der Waals surface area (Å²) < 4.78 is 33.6. The van der Waals surface area contributed by atoms with Gasteiger partial charge in [-0.15, -0.1) is 0 Å². The lowest BCUT2D eigenvalue weighted by Gasteiger charge is -2.37. The van der Waals surface area contributed by atoms with Crippen LogP contribution < -0.4 is 9.64 Å². The highest BCUT2D eigenvalue weighted by Gasteiger charge is 2.29. The molecule has 0 atom stereocenters. The molecular weight excluding hydrogens is 474 g/mol. The van der Waals surface area contributed by atoms with Crippen molar-refractivity contribution in [2.45, 2.75) is 18.2 Å². The molecule has 8 heteroatoms. The fourth-order valence-electron chi connectivity index (χ4n) is 4.30. The molecule has 1 fully saturated rings. The Balaban J connectivity index is 1.44. The maximum atomic E-state index is 13.5. The van der Waals surface area contributed by atoms with Crippen LogP contribution in [0.2, 0.25) is 0 Å². The second kappa shape index (κ2) is 11.6. The third-order valence-corrected chi connectivity index (χ3v) is 8.39. The number of carbonyl (C=O) groups excluding carboxylic acids is 1. The van der Waals surface area contributed by atoms with Crippen LogP contribution in [0.1, 0.15) is 11.1 Å². The number of hydrogen-bond acceptors (Lipinski definition) is 5. The van der Waals surface area contributed by atoms with Crippen molar-refractivity contribution < 1.29 is 17.9 Å². The first-order valence-electron chi connectivity index (χ1n) is 12.1. The van der Waals surface area contributed by atoms with Gasteiger partial charge in [-0.05, 0) is 55.3 Å². The zero-order valence-corrected chi connectivity index (χ0v) is 21.7. The quantitative estimate of drug-likeness (QED) is 0.443. The lowest BCUT2D eigenvalue weighted by molar-refractivity contribution is -0.131. The number of methoxy groups -OCH3 is 1. The Kier molecular flexibility index (Phi) is 8.28. The van der Waals surface area contributed by atoms with E-state index in [2.05, 4.69) is 4.90 Å². The number of carbonyl (C=O) groups is 1. The Morgan fingerprint density at radius 1 is 0.889 bits per heavy atom. The summed E-state index contributed by atoms with van der Waals surface area (Å²) in [5, 5.41) is 0. The molecule has 1 saturated heterocycles. The minimum absolute atomic E-state index is 0.173. The van der Waals surface area contributed by atoms with E-state index >= 15 is 0 Å². The second-order valence-corrected chi connectivity index (χ2v) is 10.9. The normalized spacial score (nSPS) is 14.2. The van der Waals surface area contributed by atoms with Crippen LogP contribution in [0.3, 0.4) is 0 Å². The van der Waals surface area contributed by atoms with Crippen molar-refractivity contribution in [1.29, 1.82) is 0 Å². The summed E-state index contributed by atoms with van der Waals surface area (Å²) in [6.45, 7) is 4.44. The molecule has 0 aliphatic carbocycles. The van der Waals surface area contributed by atoms with Gasteiger partial charge in [0, 0.05) is 38.4 Å². The number of anilines is 1. The maximum Gasteiger partial charge on any atom is 0.243 e. The van der Waals surface area contributed by atoms with Gasteiger partial charge in [0.05, 0.1) is 18.6 Å². The molecular formula is C28H33N3O4S. The monoisotopic (exact) mass is 507 g/mol. The van der Waals surface area contributed by atoms with Crippen LogP contribution in [-0.4, -0.2) is 69.9 Å². The van der Waals surface area contributed by atoms with E-state index in [1.807, 2.05) is 61.5 Å². The van der Waals surface area contributed by atoms with Gasteiger partial charge in [-0.3, -0.25) is 4.79 Å². The van der Waals surface area contributed by atoms with Gasteiger partial charge in [0.2, 0.25) is 15.9 Å². The summed E-state index contributed by atoms with van der Waals surface area (Å²) in [6.07, 6.45) is 0.532. The molecule has 1 aliphatic rings. The number of benzene rings is 3. The number of sulfonamides is 1. The van der Waals surface area contributed by atoms with E-state index in [0.717, 1.165) is 22.6 Å². The number of piperazine rings is 1. The first kappa shape index (κ1) is 25.7. The predicted octanol–water partition coefficient (Wildman–Crippen LogP) is 3.59. The summed E-state index contributed by atoms with van der Waals surface area (Å²) in [7, 11) is -2.18. The van der Waals surface area contributed by atoms with Crippen LogP contribution in [0.15, 0.2) is 83.8 Å². The molecule has 0 N–H and O–H groups in total. The van der Waals surface area contributed by atoms with E-state index in [4.69, 9.17) is 4.74 Å². The molecule has 190 valence electrons. The summed E-state index contributed by atoms with van der Waals surface area (Å²) in [5.74, 6) is 0.631. The van der Waals surface area contributed by atoms with Gasteiger partial charge in [0.25, 0.3) is 0 Å². The highest BCUT2D eigenvalue weighted by molar-refractivity contribution is 7.89. The van der Waals surface area contributed by atoms with Gasteiger partial charge >= 0.3 is 0 Å². The molecule has 1 amide bonds. The fraction of sp³-hybridized carbons (Fsp3) is 0.321. The van der Waals surface area contributed by atoms with E-state index in [0.29, 0.717) is 32.6 Å². The standard InChI is InChI=1S/C28H33N3O4S/c1-23-8-14-27(15-9-23)36(33,34)31(17-16-24-6-4-3-5-7-24)22-28(32)30-20-18-29(19-21-30)25-10-12-26(35-2)13-11-25/h3-15H,16-22H2,1-2H3.